The Morgan fingerprint density at radius 1 is 1.21 bits per heavy atom. The van der Waals surface area contributed by atoms with Crippen LogP contribution in [0.25, 0.3) is 0 Å². The van der Waals surface area contributed by atoms with Crippen LogP contribution in [0.3, 0.4) is 0 Å². The van der Waals surface area contributed by atoms with E-state index in [4.69, 9.17) is 10.00 Å². The minimum absolute atomic E-state index is 0.00862. The van der Waals surface area contributed by atoms with Crippen LogP contribution in [0, 0.1) is 17.1 Å². The number of hydrogen-bond donors (Lipinski definition) is 0. The number of ether oxygens (including phenoxy) is 1. The molecule has 3 aliphatic rings. The summed E-state index contributed by atoms with van der Waals surface area (Å²) >= 11 is 0. The van der Waals surface area contributed by atoms with Crippen LogP contribution in [-0.4, -0.2) is 45.7 Å². The van der Waals surface area contributed by atoms with Crippen molar-refractivity contribution in [2.45, 2.75) is 43.6 Å². The first-order valence-electron chi connectivity index (χ1n) is 9.83. The molecule has 29 heavy (non-hydrogen) atoms. The van der Waals surface area contributed by atoms with Gasteiger partial charge < -0.3 is 14.5 Å². The van der Waals surface area contributed by atoms with Crippen molar-refractivity contribution in [1.29, 1.82) is 5.26 Å². The Labute approximate surface area is 167 Å². The third kappa shape index (κ3) is 2.93. The molecule has 148 valence electrons. The number of rotatable bonds is 2. The Kier molecular flexibility index (Phi) is 4.21. The van der Waals surface area contributed by atoms with Gasteiger partial charge in [0.2, 0.25) is 0 Å². The molecule has 0 saturated carbocycles. The molecule has 2 atom stereocenters. The monoisotopic (exact) mass is 393 g/mol. The van der Waals surface area contributed by atoms with E-state index < -0.39 is 5.60 Å². The second kappa shape index (κ2) is 6.78. The molecule has 1 aromatic heterocycles. The van der Waals surface area contributed by atoms with Crippen LogP contribution in [-0.2, 0) is 9.53 Å². The predicted octanol–water partition coefficient (Wildman–Crippen LogP) is 2.55. The van der Waals surface area contributed by atoms with E-state index in [-0.39, 0.29) is 24.0 Å². The van der Waals surface area contributed by atoms with Gasteiger partial charge in [0, 0.05) is 32.0 Å². The van der Waals surface area contributed by atoms with Crippen molar-refractivity contribution in [3.05, 3.63) is 53.7 Å². The number of nitriles is 1. The van der Waals surface area contributed by atoms with Crippen LogP contribution < -0.4 is 4.90 Å². The maximum atomic E-state index is 13.7. The van der Waals surface area contributed by atoms with Crippen molar-refractivity contribution in [2.24, 2.45) is 0 Å². The van der Waals surface area contributed by atoms with Gasteiger partial charge in [-0.15, -0.1) is 0 Å². The molecule has 4 heterocycles. The summed E-state index contributed by atoms with van der Waals surface area (Å²) < 4.78 is 20.0. The zero-order chi connectivity index (χ0) is 20.0. The molecule has 3 fully saturated rings. The number of nitrogens with zero attached hydrogens (tertiary/aromatic N) is 5. The molecule has 0 aliphatic carbocycles. The van der Waals surface area contributed by atoms with Crippen LogP contribution in [0.1, 0.15) is 43.0 Å². The highest BCUT2D eigenvalue weighted by molar-refractivity contribution is 5.88. The normalized spacial score (nSPS) is 25.3. The lowest BCUT2D eigenvalue weighted by Crippen LogP contribution is -2.50. The van der Waals surface area contributed by atoms with Gasteiger partial charge in [-0.1, -0.05) is 12.1 Å². The summed E-state index contributed by atoms with van der Waals surface area (Å²) in [6.45, 7) is 1.22. The van der Waals surface area contributed by atoms with E-state index in [2.05, 4.69) is 14.9 Å². The largest absolute Gasteiger partial charge is 0.356 e. The van der Waals surface area contributed by atoms with Crippen LogP contribution in [0.4, 0.5) is 10.2 Å². The number of amides is 1. The topological polar surface area (TPSA) is 82.4 Å². The fourth-order valence-electron chi connectivity index (χ4n) is 4.76. The maximum Gasteiger partial charge on any atom is 0.257 e. The molecule has 1 spiro atoms. The quantitative estimate of drug-likeness (QED) is 0.780. The van der Waals surface area contributed by atoms with E-state index >= 15 is 0 Å². The van der Waals surface area contributed by atoms with Crippen LogP contribution in [0.2, 0.25) is 0 Å². The fraction of sp³-hybridized carbons (Fsp3) is 0.429. The van der Waals surface area contributed by atoms with Crippen molar-refractivity contribution in [2.75, 3.05) is 18.0 Å². The Bertz CT molecular complexity index is 999. The van der Waals surface area contributed by atoms with Crippen molar-refractivity contribution in [1.82, 2.24) is 14.9 Å². The number of aromatic nitrogens is 2. The molecule has 3 saturated heterocycles. The molecule has 3 aliphatic heterocycles. The third-order valence-electron chi connectivity index (χ3n) is 6.21. The number of hydrogen-bond acceptors (Lipinski definition) is 6. The smallest absolute Gasteiger partial charge is 0.257 e. The lowest BCUT2D eigenvalue weighted by Gasteiger charge is -2.38. The van der Waals surface area contributed by atoms with E-state index in [9.17, 15) is 9.18 Å². The Morgan fingerprint density at radius 2 is 2.03 bits per heavy atom. The van der Waals surface area contributed by atoms with Gasteiger partial charge in [0.15, 0.2) is 5.60 Å². The van der Waals surface area contributed by atoms with Crippen molar-refractivity contribution in [3.63, 3.8) is 0 Å². The Balaban J connectivity index is 1.33. The van der Waals surface area contributed by atoms with Gasteiger partial charge in [0.05, 0.1) is 6.04 Å². The highest BCUT2D eigenvalue weighted by Crippen LogP contribution is 2.47. The van der Waals surface area contributed by atoms with Gasteiger partial charge >= 0.3 is 0 Å². The van der Waals surface area contributed by atoms with Gasteiger partial charge in [-0.2, -0.15) is 5.26 Å². The summed E-state index contributed by atoms with van der Waals surface area (Å²) in [7, 11) is 0. The number of fused-ring (bicyclic) bond motifs is 1. The first-order valence-corrected chi connectivity index (χ1v) is 9.83. The lowest BCUT2D eigenvalue weighted by molar-refractivity contribution is -0.140. The van der Waals surface area contributed by atoms with E-state index in [0.717, 1.165) is 18.4 Å². The molecule has 1 aromatic carbocycles. The molecule has 5 rings (SSSR count). The fourth-order valence-corrected chi connectivity index (χ4v) is 4.76. The zero-order valence-corrected chi connectivity index (χ0v) is 15.8. The molecule has 0 bridgehead atoms. The summed E-state index contributed by atoms with van der Waals surface area (Å²) in [4.78, 5) is 25.4. The van der Waals surface area contributed by atoms with E-state index in [0.29, 0.717) is 37.4 Å². The SMILES string of the molecule is N#Cc1cc(N2CCC3(CC2)OC2CCC(c4cccc(F)c4)N2C3=O)ncn1. The number of benzene rings is 1. The summed E-state index contributed by atoms with van der Waals surface area (Å²) in [5.74, 6) is 0.410. The Morgan fingerprint density at radius 3 is 2.79 bits per heavy atom. The number of anilines is 1. The highest BCUT2D eigenvalue weighted by atomic mass is 19.1. The summed E-state index contributed by atoms with van der Waals surface area (Å²) in [5, 5.41) is 9.04. The lowest BCUT2D eigenvalue weighted by atomic mass is 9.89. The molecule has 7 nitrogen and oxygen atoms in total. The molecule has 1 amide bonds. The van der Waals surface area contributed by atoms with Gasteiger partial charge in [0.25, 0.3) is 5.91 Å². The summed E-state index contributed by atoms with van der Waals surface area (Å²) in [5.41, 5.74) is 0.323. The number of halogens is 1. The van der Waals surface area contributed by atoms with E-state index in [1.807, 2.05) is 17.0 Å². The summed E-state index contributed by atoms with van der Waals surface area (Å²) in [6, 6.07) is 10.0. The van der Waals surface area contributed by atoms with Crippen molar-refractivity contribution >= 4 is 11.7 Å². The standard InChI is InChI=1S/C21H20FN5O2/c22-15-3-1-2-14(10-15)17-4-5-19-27(17)20(28)21(29-19)6-8-26(9-7-21)18-11-16(12-23)24-13-25-18/h1-3,10-11,13,17,19H,4-9H2. The number of carbonyl (C=O) groups excluding carboxylic acids is 1. The molecule has 8 heteroatoms. The average molecular weight is 393 g/mol. The van der Waals surface area contributed by atoms with Gasteiger partial charge in [-0.25, -0.2) is 14.4 Å². The first-order chi connectivity index (χ1) is 14.1. The average Bonchev–Trinajstić information content (AvgIpc) is 3.27. The van der Waals surface area contributed by atoms with Crippen molar-refractivity contribution in [3.8, 4) is 6.07 Å². The summed E-state index contributed by atoms with van der Waals surface area (Å²) in [6.07, 6.45) is 3.79. The van der Waals surface area contributed by atoms with Crippen LogP contribution >= 0.6 is 0 Å². The number of carbonyl (C=O) groups is 1. The van der Waals surface area contributed by atoms with Gasteiger partial charge in [-0.05, 0) is 30.5 Å². The van der Waals surface area contributed by atoms with E-state index in [1.165, 1.54) is 18.5 Å². The first kappa shape index (κ1) is 18.0. The molecule has 0 N–H and O–H groups in total. The second-order valence-electron chi connectivity index (χ2n) is 7.79. The molecular weight excluding hydrogens is 373 g/mol. The third-order valence-corrected chi connectivity index (χ3v) is 6.21. The predicted molar refractivity (Wildman–Crippen MR) is 101 cm³/mol. The minimum atomic E-state index is -0.821. The molecule has 2 aromatic rings. The minimum Gasteiger partial charge on any atom is -0.356 e. The van der Waals surface area contributed by atoms with Gasteiger partial charge in [-0.3, -0.25) is 4.79 Å². The maximum absolute atomic E-state index is 13.7. The van der Waals surface area contributed by atoms with Crippen molar-refractivity contribution < 1.29 is 13.9 Å². The van der Waals surface area contributed by atoms with Gasteiger partial charge in [0.1, 0.15) is 36.0 Å². The van der Waals surface area contributed by atoms with E-state index in [1.54, 1.807) is 12.1 Å². The molecule has 2 unspecified atom stereocenters. The highest BCUT2D eigenvalue weighted by Gasteiger charge is 2.58. The molecular formula is C21H20FN5O2. The number of piperidine rings is 1. The van der Waals surface area contributed by atoms with Crippen LogP contribution in [0.15, 0.2) is 36.7 Å². The van der Waals surface area contributed by atoms with Crippen LogP contribution in [0.5, 0.6) is 0 Å². The second-order valence-corrected chi connectivity index (χ2v) is 7.79. The molecule has 0 radical (unpaired) electrons. The Hall–Kier alpha value is -3.05. The zero-order valence-electron chi connectivity index (χ0n) is 15.8.